The maximum atomic E-state index is 13.7. The first-order valence-electron chi connectivity index (χ1n) is 10.1. The van der Waals surface area contributed by atoms with Crippen molar-refractivity contribution in [2.24, 2.45) is 0 Å². The summed E-state index contributed by atoms with van der Waals surface area (Å²) in [4.78, 5) is 9.32. The highest BCUT2D eigenvalue weighted by molar-refractivity contribution is 7.92. The number of hydrogen-bond donors (Lipinski definition) is 1. The average molecular weight is 479 g/mol. The molecule has 2 aromatic heterocycles. The minimum atomic E-state index is -4.04. The predicted octanol–water partition coefficient (Wildman–Crippen LogP) is 4.71. The molecule has 0 radical (unpaired) electrons. The lowest BCUT2D eigenvalue weighted by molar-refractivity contribution is 0.408. The van der Waals surface area contributed by atoms with Crippen LogP contribution in [0.1, 0.15) is 5.56 Å². The number of nitrogen functional groups attached to an aromatic ring is 1. The number of ether oxygens (including phenoxy) is 1. The number of para-hydroxylation sites is 3. The molecule has 0 saturated heterocycles. The summed E-state index contributed by atoms with van der Waals surface area (Å²) < 4.78 is 34.5. The molecule has 2 heterocycles. The number of benzene rings is 3. The summed E-state index contributed by atoms with van der Waals surface area (Å²) >= 11 is 6.08. The Kier molecular flexibility index (Phi) is 5.19. The van der Waals surface area contributed by atoms with E-state index in [4.69, 9.17) is 27.1 Å². The second-order valence-electron chi connectivity index (χ2n) is 7.46. The number of methoxy groups -OCH3 is 1. The molecule has 0 saturated carbocycles. The molecule has 5 rings (SSSR count). The molecule has 0 atom stereocenters. The summed E-state index contributed by atoms with van der Waals surface area (Å²) in [6.45, 7) is 0.254. The molecule has 0 aliphatic heterocycles. The van der Waals surface area contributed by atoms with Gasteiger partial charge in [0, 0.05) is 10.6 Å². The smallest absolute Gasteiger partial charge is 0.212 e. The lowest BCUT2D eigenvalue weighted by Gasteiger charge is -2.12. The maximum Gasteiger partial charge on any atom is 0.212 e. The van der Waals surface area contributed by atoms with Gasteiger partial charge in [-0.2, -0.15) is 0 Å². The van der Waals surface area contributed by atoms with Gasteiger partial charge in [0.1, 0.15) is 22.0 Å². The van der Waals surface area contributed by atoms with E-state index >= 15 is 0 Å². The van der Waals surface area contributed by atoms with Crippen LogP contribution >= 0.6 is 11.6 Å². The molecule has 5 aromatic rings. The predicted molar refractivity (Wildman–Crippen MR) is 128 cm³/mol. The van der Waals surface area contributed by atoms with Crippen molar-refractivity contribution >= 4 is 49.5 Å². The molecule has 9 heteroatoms. The van der Waals surface area contributed by atoms with Gasteiger partial charge in [0.25, 0.3) is 0 Å². The first-order valence-corrected chi connectivity index (χ1v) is 11.9. The topological polar surface area (TPSA) is 100 Å². The van der Waals surface area contributed by atoms with Gasteiger partial charge < -0.3 is 15.0 Å². The van der Waals surface area contributed by atoms with Crippen molar-refractivity contribution < 1.29 is 13.2 Å². The van der Waals surface area contributed by atoms with Crippen molar-refractivity contribution in [2.45, 2.75) is 16.3 Å². The Hall–Kier alpha value is -3.62. The van der Waals surface area contributed by atoms with Crippen LogP contribution in [0.15, 0.2) is 82.6 Å². The third-order valence-electron chi connectivity index (χ3n) is 5.44. The summed E-state index contributed by atoms with van der Waals surface area (Å²) in [5.41, 5.74) is 9.12. The number of nitrogens with two attached hydrogens (primary N) is 1. The lowest BCUT2D eigenvalue weighted by atomic mass is 10.2. The number of nitrogens with zero attached hydrogens (tertiary/aromatic N) is 3. The van der Waals surface area contributed by atoms with Crippen LogP contribution < -0.4 is 10.5 Å². The second-order valence-corrected chi connectivity index (χ2v) is 9.78. The largest absolute Gasteiger partial charge is 0.496 e. The zero-order valence-electron chi connectivity index (χ0n) is 17.6. The fourth-order valence-corrected chi connectivity index (χ4v) is 5.68. The second kappa shape index (κ2) is 8.06. The quantitative estimate of drug-likeness (QED) is 0.392. The summed E-state index contributed by atoms with van der Waals surface area (Å²) in [5, 5.41) is 0.309. The van der Waals surface area contributed by atoms with Crippen LogP contribution in [0.25, 0.3) is 22.2 Å². The molecule has 2 N–H and O–H groups in total. The van der Waals surface area contributed by atoms with Gasteiger partial charge in [0.05, 0.1) is 29.6 Å². The fraction of sp³-hybridized carbons (Fsp3) is 0.0833. The van der Waals surface area contributed by atoms with E-state index in [1.807, 2.05) is 42.5 Å². The van der Waals surface area contributed by atoms with Gasteiger partial charge in [0.2, 0.25) is 9.84 Å². The monoisotopic (exact) mass is 478 g/mol. The molecular weight excluding hydrogens is 460 g/mol. The van der Waals surface area contributed by atoms with E-state index in [2.05, 4.69) is 4.98 Å². The SMILES string of the molecule is COc1ccccc1Cn1c(N)c(S(=O)(=O)c2cccc(Cl)c2)c2nc3ccccc3nc21. The summed E-state index contributed by atoms with van der Waals surface area (Å²) in [6.07, 6.45) is 0. The molecule has 0 fully saturated rings. The molecule has 0 aliphatic rings. The van der Waals surface area contributed by atoms with Gasteiger partial charge in [-0.1, -0.05) is 48.0 Å². The Bertz CT molecular complexity index is 1630. The maximum absolute atomic E-state index is 13.7. The van der Waals surface area contributed by atoms with Gasteiger partial charge in [-0.3, -0.25) is 0 Å². The van der Waals surface area contributed by atoms with E-state index in [1.165, 1.54) is 12.1 Å². The minimum Gasteiger partial charge on any atom is -0.496 e. The molecule has 3 aromatic carbocycles. The summed E-state index contributed by atoms with van der Waals surface area (Å²) in [5.74, 6) is 0.706. The lowest BCUT2D eigenvalue weighted by Crippen LogP contribution is -2.09. The van der Waals surface area contributed by atoms with Crippen LogP contribution in [-0.2, 0) is 16.4 Å². The highest BCUT2D eigenvalue weighted by Gasteiger charge is 2.30. The Morgan fingerprint density at radius 1 is 0.970 bits per heavy atom. The Balaban J connectivity index is 1.83. The van der Waals surface area contributed by atoms with Crippen molar-refractivity contribution in [3.63, 3.8) is 0 Å². The van der Waals surface area contributed by atoms with Crippen LogP contribution in [0.3, 0.4) is 0 Å². The van der Waals surface area contributed by atoms with E-state index in [1.54, 1.807) is 29.9 Å². The number of fused-ring (bicyclic) bond motifs is 2. The Morgan fingerprint density at radius 2 is 1.67 bits per heavy atom. The molecule has 33 heavy (non-hydrogen) atoms. The third kappa shape index (κ3) is 3.57. The third-order valence-corrected chi connectivity index (χ3v) is 7.49. The van der Waals surface area contributed by atoms with Crippen molar-refractivity contribution in [2.75, 3.05) is 12.8 Å². The first kappa shape index (κ1) is 21.2. The van der Waals surface area contributed by atoms with Crippen molar-refractivity contribution in [3.05, 3.63) is 83.4 Å². The van der Waals surface area contributed by atoms with E-state index in [9.17, 15) is 8.42 Å². The average Bonchev–Trinajstić information content (AvgIpc) is 3.08. The molecule has 0 unspecified atom stereocenters. The number of aromatic nitrogens is 3. The number of sulfone groups is 1. The zero-order valence-corrected chi connectivity index (χ0v) is 19.1. The number of anilines is 1. The van der Waals surface area contributed by atoms with Crippen LogP contribution in [0.2, 0.25) is 5.02 Å². The van der Waals surface area contributed by atoms with Crippen LogP contribution in [0, 0.1) is 0 Å². The van der Waals surface area contributed by atoms with Gasteiger partial charge >= 0.3 is 0 Å². The molecule has 7 nitrogen and oxygen atoms in total. The number of halogens is 1. The summed E-state index contributed by atoms with van der Waals surface area (Å²) in [6, 6.07) is 20.8. The zero-order chi connectivity index (χ0) is 23.2. The van der Waals surface area contributed by atoms with Gasteiger partial charge in [-0.05, 0) is 36.4 Å². The molecule has 166 valence electrons. The highest BCUT2D eigenvalue weighted by atomic mass is 35.5. The minimum absolute atomic E-state index is 0.0352. The Labute approximate surface area is 195 Å². The highest BCUT2D eigenvalue weighted by Crippen LogP contribution is 2.36. The Morgan fingerprint density at radius 3 is 2.39 bits per heavy atom. The fourth-order valence-electron chi connectivity index (χ4n) is 3.87. The van der Waals surface area contributed by atoms with E-state index in [0.717, 1.165) is 5.56 Å². The van der Waals surface area contributed by atoms with Crippen LogP contribution in [-0.4, -0.2) is 30.1 Å². The molecule has 0 bridgehead atoms. The first-order chi connectivity index (χ1) is 15.9. The van der Waals surface area contributed by atoms with Crippen LogP contribution in [0.4, 0.5) is 5.82 Å². The van der Waals surface area contributed by atoms with E-state index in [-0.39, 0.29) is 27.7 Å². The van der Waals surface area contributed by atoms with Gasteiger partial charge in [-0.15, -0.1) is 0 Å². The number of hydrogen-bond acceptors (Lipinski definition) is 6. The van der Waals surface area contributed by atoms with Crippen molar-refractivity contribution in [1.82, 2.24) is 14.5 Å². The van der Waals surface area contributed by atoms with E-state index in [0.29, 0.717) is 27.5 Å². The number of rotatable bonds is 5. The van der Waals surface area contributed by atoms with Gasteiger partial charge in [-0.25, -0.2) is 18.4 Å². The standard InChI is InChI=1S/C24H19ClN4O3S/c1-32-20-12-5-2-7-15(20)14-29-23(26)22(33(30,31)17-9-6-8-16(25)13-17)21-24(29)28-19-11-4-3-10-18(19)27-21/h2-13H,14,26H2,1H3. The molecular formula is C24H19ClN4O3S. The van der Waals surface area contributed by atoms with Crippen molar-refractivity contribution in [1.29, 1.82) is 0 Å². The van der Waals surface area contributed by atoms with Gasteiger partial charge in [0.15, 0.2) is 5.65 Å². The van der Waals surface area contributed by atoms with Crippen molar-refractivity contribution in [3.8, 4) is 5.75 Å². The summed E-state index contributed by atoms with van der Waals surface area (Å²) in [7, 11) is -2.46. The molecule has 0 aliphatic carbocycles. The molecule has 0 amide bonds. The normalized spacial score (nSPS) is 11.8. The van der Waals surface area contributed by atoms with Crippen LogP contribution in [0.5, 0.6) is 5.75 Å². The molecule has 0 spiro atoms. The van der Waals surface area contributed by atoms with E-state index < -0.39 is 9.84 Å².